The van der Waals surface area contributed by atoms with Crippen LogP contribution in [0.5, 0.6) is 0 Å². The normalized spacial score (nSPS) is 17.5. The van der Waals surface area contributed by atoms with Crippen LogP contribution in [0.15, 0.2) is 60.8 Å². The number of rotatable bonds is 5. The van der Waals surface area contributed by atoms with Crippen molar-refractivity contribution < 1.29 is 14.6 Å². The van der Waals surface area contributed by atoms with Gasteiger partial charge in [0.05, 0.1) is 25.9 Å². The van der Waals surface area contributed by atoms with Crippen molar-refractivity contribution in [1.82, 2.24) is 9.88 Å². The van der Waals surface area contributed by atoms with Gasteiger partial charge in [0.2, 0.25) is 0 Å². The number of nitrogens with one attached hydrogen (secondary N) is 1. The van der Waals surface area contributed by atoms with Crippen LogP contribution in [-0.2, 0) is 11.3 Å². The topological polar surface area (TPSA) is 74.7 Å². The summed E-state index contributed by atoms with van der Waals surface area (Å²) in [5.74, 6) is 0.369. The molecule has 6 heteroatoms. The van der Waals surface area contributed by atoms with E-state index in [1.54, 1.807) is 12.3 Å². The van der Waals surface area contributed by atoms with Gasteiger partial charge in [-0.1, -0.05) is 36.4 Å². The van der Waals surface area contributed by atoms with Gasteiger partial charge < -0.3 is 15.2 Å². The molecule has 0 aliphatic carbocycles. The van der Waals surface area contributed by atoms with Crippen LogP contribution >= 0.6 is 0 Å². The number of ether oxygens (including phenoxy) is 1. The molecule has 0 spiro atoms. The summed E-state index contributed by atoms with van der Waals surface area (Å²) in [5.41, 5.74) is 1.61. The van der Waals surface area contributed by atoms with Gasteiger partial charge in [-0.15, -0.1) is 0 Å². The van der Waals surface area contributed by atoms with Gasteiger partial charge in [-0.3, -0.25) is 9.69 Å². The minimum Gasteiger partial charge on any atom is -0.395 e. The quantitative estimate of drug-likeness (QED) is 0.715. The van der Waals surface area contributed by atoms with Crippen LogP contribution < -0.4 is 5.32 Å². The van der Waals surface area contributed by atoms with Crippen molar-refractivity contribution in [1.29, 1.82) is 0 Å². The zero-order valence-corrected chi connectivity index (χ0v) is 15.5. The SMILES string of the molecule is O=C(Nc1nccc2ccccc12)c1cccc(CN2CCOCC2CO)c1. The molecule has 2 N–H and O–H groups in total. The first-order valence-electron chi connectivity index (χ1n) is 9.41. The van der Waals surface area contributed by atoms with Crippen molar-refractivity contribution in [3.8, 4) is 0 Å². The third kappa shape index (κ3) is 4.04. The second-order valence-corrected chi connectivity index (χ2v) is 6.92. The molecule has 1 atom stereocenters. The van der Waals surface area contributed by atoms with E-state index in [4.69, 9.17) is 4.74 Å². The number of pyridine rings is 1. The fourth-order valence-corrected chi connectivity index (χ4v) is 3.51. The van der Waals surface area contributed by atoms with Crippen molar-refractivity contribution in [2.75, 3.05) is 31.7 Å². The zero-order valence-electron chi connectivity index (χ0n) is 15.5. The maximum atomic E-state index is 12.8. The lowest BCUT2D eigenvalue weighted by Gasteiger charge is -2.34. The second-order valence-electron chi connectivity index (χ2n) is 6.92. The molecule has 3 aromatic rings. The number of anilines is 1. The average molecular weight is 377 g/mol. The highest BCUT2D eigenvalue weighted by Crippen LogP contribution is 2.21. The summed E-state index contributed by atoms with van der Waals surface area (Å²) in [6, 6.07) is 17.3. The van der Waals surface area contributed by atoms with Crippen molar-refractivity contribution in [3.05, 3.63) is 71.9 Å². The summed E-state index contributed by atoms with van der Waals surface area (Å²) >= 11 is 0. The van der Waals surface area contributed by atoms with Gasteiger partial charge in [0, 0.05) is 30.2 Å². The zero-order chi connectivity index (χ0) is 19.3. The van der Waals surface area contributed by atoms with Crippen LogP contribution in [0.25, 0.3) is 10.8 Å². The number of aromatic nitrogens is 1. The van der Waals surface area contributed by atoms with E-state index < -0.39 is 0 Å². The number of aliphatic hydroxyl groups is 1. The van der Waals surface area contributed by atoms with Crippen molar-refractivity contribution in [3.63, 3.8) is 0 Å². The third-order valence-electron chi connectivity index (χ3n) is 5.04. The van der Waals surface area contributed by atoms with Gasteiger partial charge in [-0.2, -0.15) is 0 Å². The monoisotopic (exact) mass is 377 g/mol. The number of carbonyl (C=O) groups excluding carboxylic acids is 1. The summed E-state index contributed by atoms with van der Waals surface area (Å²) < 4.78 is 5.43. The highest BCUT2D eigenvalue weighted by Gasteiger charge is 2.22. The van der Waals surface area contributed by atoms with Crippen LogP contribution in [0.2, 0.25) is 0 Å². The van der Waals surface area contributed by atoms with Crippen molar-refractivity contribution in [2.24, 2.45) is 0 Å². The van der Waals surface area contributed by atoms with Crippen molar-refractivity contribution >= 4 is 22.5 Å². The summed E-state index contributed by atoms with van der Waals surface area (Å²) in [7, 11) is 0. The fourth-order valence-electron chi connectivity index (χ4n) is 3.51. The number of aliphatic hydroxyl groups excluding tert-OH is 1. The molecule has 6 nitrogen and oxygen atoms in total. The van der Waals surface area contributed by atoms with E-state index in [2.05, 4.69) is 15.2 Å². The van der Waals surface area contributed by atoms with E-state index in [-0.39, 0.29) is 18.6 Å². The Labute approximate surface area is 163 Å². The highest BCUT2D eigenvalue weighted by molar-refractivity contribution is 6.08. The van der Waals surface area contributed by atoms with Gasteiger partial charge >= 0.3 is 0 Å². The molecule has 1 amide bonds. The second kappa shape index (κ2) is 8.48. The molecule has 1 aromatic heterocycles. The summed E-state index contributed by atoms with van der Waals surface area (Å²) in [5, 5.41) is 14.4. The Morgan fingerprint density at radius 2 is 2.11 bits per heavy atom. The van der Waals surface area contributed by atoms with E-state index in [9.17, 15) is 9.90 Å². The molecule has 1 aliphatic rings. The molecule has 4 rings (SSSR count). The molecule has 0 saturated carbocycles. The Morgan fingerprint density at radius 3 is 3.00 bits per heavy atom. The number of benzene rings is 2. The molecular formula is C22H23N3O3. The van der Waals surface area contributed by atoms with E-state index in [0.29, 0.717) is 31.1 Å². The molecule has 1 unspecified atom stereocenters. The lowest BCUT2D eigenvalue weighted by atomic mass is 10.1. The number of carbonyl (C=O) groups is 1. The van der Waals surface area contributed by atoms with Crippen LogP contribution in [0.4, 0.5) is 5.82 Å². The van der Waals surface area contributed by atoms with Crippen molar-refractivity contribution in [2.45, 2.75) is 12.6 Å². The molecule has 0 radical (unpaired) electrons. The molecule has 28 heavy (non-hydrogen) atoms. The Hall–Kier alpha value is -2.80. The molecule has 1 saturated heterocycles. The smallest absolute Gasteiger partial charge is 0.256 e. The fraction of sp³-hybridized carbons (Fsp3) is 0.273. The number of fused-ring (bicyclic) bond motifs is 1. The first-order chi connectivity index (χ1) is 13.7. The number of nitrogens with zero attached hydrogens (tertiary/aromatic N) is 2. The van der Waals surface area contributed by atoms with Crippen LogP contribution in [0, 0.1) is 0 Å². The number of hydrogen-bond acceptors (Lipinski definition) is 5. The lowest BCUT2D eigenvalue weighted by Crippen LogP contribution is -2.46. The van der Waals surface area contributed by atoms with Gasteiger partial charge in [0.25, 0.3) is 5.91 Å². The van der Waals surface area contributed by atoms with Crippen LogP contribution in [-0.4, -0.2) is 53.3 Å². The Bertz CT molecular complexity index is 971. The van der Waals surface area contributed by atoms with Gasteiger partial charge in [0.1, 0.15) is 5.82 Å². The van der Waals surface area contributed by atoms with E-state index in [1.165, 1.54) is 0 Å². The average Bonchev–Trinajstić information content (AvgIpc) is 2.74. The number of morpholine rings is 1. The summed E-state index contributed by atoms with van der Waals surface area (Å²) in [6.45, 7) is 2.68. The minimum absolute atomic E-state index is 0.00823. The van der Waals surface area contributed by atoms with E-state index in [0.717, 1.165) is 22.9 Å². The molecule has 1 fully saturated rings. The van der Waals surface area contributed by atoms with E-state index >= 15 is 0 Å². The Balaban J connectivity index is 1.51. The summed E-state index contributed by atoms with van der Waals surface area (Å²) in [6.07, 6.45) is 1.70. The van der Waals surface area contributed by atoms with E-state index in [1.807, 2.05) is 48.5 Å². The van der Waals surface area contributed by atoms with Crippen LogP contribution in [0.3, 0.4) is 0 Å². The standard InChI is InChI=1S/C22H23N3O3/c26-14-19-15-28-11-10-25(19)13-16-4-3-6-18(12-16)22(27)24-21-20-7-2-1-5-17(20)8-9-23-21/h1-9,12,19,26H,10-11,13-15H2,(H,23,24,27). The molecule has 2 aromatic carbocycles. The maximum absolute atomic E-state index is 12.8. The summed E-state index contributed by atoms with van der Waals surface area (Å²) in [4.78, 5) is 19.3. The Morgan fingerprint density at radius 1 is 1.21 bits per heavy atom. The predicted octanol–water partition coefficient (Wildman–Crippen LogP) is 2.68. The maximum Gasteiger partial charge on any atom is 0.256 e. The first-order valence-corrected chi connectivity index (χ1v) is 9.41. The lowest BCUT2D eigenvalue weighted by molar-refractivity contribution is -0.0312. The molecule has 144 valence electrons. The molecule has 1 aliphatic heterocycles. The van der Waals surface area contributed by atoms with Gasteiger partial charge in [-0.05, 0) is 29.1 Å². The minimum atomic E-state index is -0.189. The molecular weight excluding hydrogens is 354 g/mol. The largest absolute Gasteiger partial charge is 0.395 e. The van der Waals surface area contributed by atoms with Crippen LogP contribution in [0.1, 0.15) is 15.9 Å². The predicted molar refractivity (Wildman–Crippen MR) is 108 cm³/mol. The third-order valence-corrected chi connectivity index (χ3v) is 5.04. The number of amides is 1. The molecule has 0 bridgehead atoms. The Kier molecular flexibility index (Phi) is 5.62. The van der Waals surface area contributed by atoms with Gasteiger partial charge in [-0.25, -0.2) is 4.98 Å². The highest BCUT2D eigenvalue weighted by atomic mass is 16.5. The molecule has 2 heterocycles. The van der Waals surface area contributed by atoms with Gasteiger partial charge in [0.15, 0.2) is 0 Å². The first kappa shape index (κ1) is 18.6. The number of hydrogen-bond donors (Lipinski definition) is 2.